The summed E-state index contributed by atoms with van der Waals surface area (Å²) in [7, 11) is 0. The molecule has 1 aromatic heterocycles. The lowest BCUT2D eigenvalue weighted by Gasteiger charge is -2.17. The summed E-state index contributed by atoms with van der Waals surface area (Å²) in [5.74, 6) is -0.870. The maximum atomic E-state index is 12.8. The monoisotopic (exact) mass is 429 g/mol. The summed E-state index contributed by atoms with van der Waals surface area (Å²) in [5, 5.41) is 11.7. The van der Waals surface area contributed by atoms with Crippen LogP contribution in [0.2, 0.25) is 10.2 Å². The van der Waals surface area contributed by atoms with Gasteiger partial charge >= 0.3 is 11.7 Å². The largest absolute Gasteiger partial charge is 0.475 e. The SMILES string of the molecule is CCOC(=O)COc1cc(Cl)c(-c2c(Cl)n3n(c2=O)CCCC3)cc1[N+](=O)[O-]. The summed E-state index contributed by atoms with van der Waals surface area (Å²) in [4.78, 5) is 35.1. The van der Waals surface area contributed by atoms with Crippen LogP contribution in [-0.4, -0.2) is 33.5 Å². The molecule has 1 aliphatic heterocycles. The number of nitro benzene ring substituents is 1. The van der Waals surface area contributed by atoms with E-state index in [1.807, 2.05) is 0 Å². The van der Waals surface area contributed by atoms with Crippen LogP contribution in [0.25, 0.3) is 11.1 Å². The molecule has 1 aromatic carbocycles. The molecule has 0 bridgehead atoms. The van der Waals surface area contributed by atoms with E-state index in [-0.39, 0.29) is 39.2 Å². The Morgan fingerprint density at radius 1 is 1.25 bits per heavy atom. The van der Waals surface area contributed by atoms with E-state index in [1.54, 1.807) is 11.6 Å². The number of fused-ring (bicyclic) bond motifs is 1. The topological polar surface area (TPSA) is 106 Å². The summed E-state index contributed by atoms with van der Waals surface area (Å²) < 4.78 is 13.1. The second-order valence-electron chi connectivity index (χ2n) is 6.07. The fourth-order valence-corrected chi connectivity index (χ4v) is 3.69. The van der Waals surface area contributed by atoms with Gasteiger partial charge in [-0.25, -0.2) is 9.48 Å². The van der Waals surface area contributed by atoms with Gasteiger partial charge in [0, 0.05) is 30.8 Å². The molecule has 1 aliphatic rings. The quantitative estimate of drug-likeness (QED) is 0.396. The van der Waals surface area contributed by atoms with Crippen molar-refractivity contribution in [3.05, 3.63) is 42.8 Å². The second kappa shape index (κ2) is 8.24. The molecule has 0 fully saturated rings. The van der Waals surface area contributed by atoms with Gasteiger partial charge in [-0.1, -0.05) is 23.2 Å². The van der Waals surface area contributed by atoms with Crippen LogP contribution in [0.5, 0.6) is 5.75 Å². The summed E-state index contributed by atoms with van der Waals surface area (Å²) in [6.07, 6.45) is 1.72. The number of carbonyl (C=O) groups excluding carboxylic acids is 1. The summed E-state index contributed by atoms with van der Waals surface area (Å²) in [5.41, 5.74) is -0.552. The van der Waals surface area contributed by atoms with E-state index in [9.17, 15) is 19.7 Å². The van der Waals surface area contributed by atoms with E-state index >= 15 is 0 Å². The number of aromatic nitrogens is 2. The van der Waals surface area contributed by atoms with Crippen molar-refractivity contribution in [2.45, 2.75) is 32.9 Å². The molecule has 0 radical (unpaired) electrons. The average Bonchev–Trinajstić information content (AvgIpc) is 2.91. The molecule has 2 aromatic rings. The van der Waals surface area contributed by atoms with Gasteiger partial charge in [0.15, 0.2) is 12.4 Å². The first-order valence-electron chi connectivity index (χ1n) is 8.61. The van der Waals surface area contributed by atoms with Gasteiger partial charge in [0.25, 0.3) is 5.56 Å². The van der Waals surface area contributed by atoms with Gasteiger partial charge in [0.2, 0.25) is 0 Å². The van der Waals surface area contributed by atoms with Crippen molar-refractivity contribution in [3.63, 3.8) is 0 Å². The minimum absolute atomic E-state index is 0.0482. The molecule has 11 heteroatoms. The maximum absolute atomic E-state index is 12.8. The van der Waals surface area contributed by atoms with Gasteiger partial charge in [0.05, 0.1) is 22.1 Å². The molecule has 0 amide bonds. The van der Waals surface area contributed by atoms with Crippen LogP contribution < -0.4 is 10.3 Å². The summed E-state index contributed by atoms with van der Waals surface area (Å²) >= 11 is 12.7. The summed E-state index contributed by atoms with van der Waals surface area (Å²) in [6.45, 7) is 2.37. The van der Waals surface area contributed by atoms with E-state index in [1.165, 1.54) is 10.7 Å². The Bertz CT molecular complexity index is 998. The van der Waals surface area contributed by atoms with Crippen molar-refractivity contribution in [1.29, 1.82) is 0 Å². The van der Waals surface area contributed by atoms with Crippen molar-refractivity contribution in [3.8, 4) is 16.9 Å². The third-order valence-corrected chi connectivity index (χ3v) is 5.02. The van der Waals surface area contributed by atoms with Crippen LogP contribution in [0.15, 0.2) is 16.9 Å². The molecule has 3 rings (SSSR count). The van der Waals surface area contributed by atoms with Crippen molar-refractivity contribution in [2.75, 3.05) is 13.2 Å². The van der Waals surface area contributed by atoms with Crippen LogP contribution in [0.1, 0.15) is 19.8 Å². The van der Waals surface area contributed by atoms with E-state index in [2.05, 4.69) is 0 Å². The molecule has 0 N–H and O–H groups in total. The number of carbonyl (C=O) groups is 1. The Morgan fingerprint density at radius 3 is 2.54 bits per heavy atom. The van der Waals surface area contributed by atoms with Crippen molar-refractivity contribution in [1.82, 2.24) is 9.36 Å². The molecule has 2 heterocycles. The molecular formula is C17H17Cl2N3O6. The molecule has 0 unspecified atom stereocenters. The van der Waals surface area contributed by atoms with Crippen LogP contribution in [0, 0.1) is 10.1 Å². The van der Waals surface area contributed by atoms with E-state index < -0.39 is 23.2 Å². The number of nitro groups is 1. The molecule has 0 saturated heterocycles. The number of hydrogen-bond donors (Lipinski definition) is 0. The minimum atomic E-state index is -0.679. The normalized spacial score (nSPS) is 13.1. The second-order valence-corrected chi connectivity index (χ2v) is 6.84. The molecule has 0 spiro atoms. The number of esters is 1. The van der Waals surface area contributed by atoms with Crippen LogP contribution >= 0.6 is 23.2 Å². The number of halogens is 2. The minimum Gasteiger partial charge on any atom is -0.475 e. The molecule has 28 heavy (non-hydrogen) atoms. The summed E-state index contributed by atoms with van der Waals surface area (Å²) in [6, 6.07) is 2.34. The number of rotatable bonds is 6. The van der Waals surface area contributed by atoms with Crippen molar-refractivity contribution in [2.24, 2.45) is 0 Å². The lowest BCUT2D eigenvalue weighted by atomic mass is 10.1. The van der Waals surface area contributed by atoms with Gasteiger partial charge in [-0.2, -0.15) is 0 Å². The standard InChI is InChI=1S/C17H17Cl2N3O6/c1-2-27-14(23)9-28-13-8-11(18)10(7-12(13)22(25)26)15-16(19)20-5-3-4-6-21(20)17(15)24/h7-8H,2-6,9H2,1H3. The van der Waals surface area contributed by atoms with Crippen molar-refractivity contribution < 1.29 is 19.2 Å². The Balaban J connectivity index is 2.06. The highest BCUT2D eigenvalue weighted by Gasteiger charge is 2.27. The van der Waals surface area contributed by atoms with Crippen LogP contribution in [-0.2, 0) is 22.6 Å². The fraction of sp³-hybridized carbons (Fsp3) is 0.412. The molecule has 9 nitrogen and oxygen atoms in total. The Kier molecular flexibility index (Phi) is 5.95. The van der Waals surface area contributed by atoms with Gasteiger partial charge in [-0.15, -0.1) is 0 Å². The third kappa shape index (κ3) is 3.72. The average molecular weight is 430 g/mol. The van der Waals surface area contributed by atoms with Crippen molar-refractivity contribution >= 4 is 34.9 Å². The van der Waals surface area contributed by atoms with Gasteiger partial charge in [0.1, 0.15) is 5.15 Å². The zero-order valence-corrected chi connectivity index (χ0v) is 16.5. The molecular weight excluding hydrogens is 413 g/mol. The third-order valence-electron chi connectivity index (χ3n) is 4.33. The first-order chi connectivity index (χ1) is 13.3. The number of hydrogen-bond acceptors (Lipinski definition) is 6. The molecule has 0 atom stereocenters. The lowest BCUT2D eigenvalue weighted by molar-refractivity contribution is -0.385. The highest BCUT2D eigenvalue weighted by Crippen LogP contribution is 2.40. The first-order valence-corrected chi connectivity index (χ1v) is 9.36. The van der Waals surface area contributed by atoms with E-state index in [4.69, 9.17) is 32.7 Å². The van der Waals surface area contributed by atoms with E-state index in [0.29, 0.717) is 13.1 Å². The zero-order valence-electron chi connectivity index (χ0n) is 14.9. The smallest absolute Gasteiger partial charge is 0.344 e. The van der Waals surface area contributed by atoms with Gasteiger partial charge < -0.3 is 9.47 Å². The maximum Gasteiger partial charge on any atom is 0.344 e. The molecule has 0 saturated carbocycles. The number of nitrogens with zero attached hydrogens (tertiary/aromatic N) is 3. The Labute approximate surface area is 169 Å². The number of benzene rings is 1. The zero-order chi connectivity index (χ0) is 20.4. The van der Waals surface area contributed by atoms with Gasteiger partial charge in [-0.3, -0.25) is 19.6 Å². The predicted molar refractivity (Wildman–Crippen MR) is 102 cm³/mol. The predicted octanol–water partition coefficient (Wildman–Crippen LogP) is 3.27. The Hall–Kier alpha value is -2.52. The van der Waals surface area contributed by atoms with Crippen LogP contribution in [0.3, 0.4) is 0 Å². The van der Waals surface area contributed by atoms with Gasteiger partial charge in [-0.05, 0) is 19.8 Å². The molecule has 150 valence electrons. The highest BCUT2D eigenvalue weighted by atomic mass is 35.5. The van der Waals surface area contributed by atoms with E-state index in [0.717, 1.165) is 18.9 Å². The fourth-order valence-electron chi connectivity index (χ4n) is 3.09. The highest BCUT2D eigenvalue weighted by molar-refractivity contribution is 6.36. The van der Waals surface area contributed by atoms with Crippen LogP contribution in [0.4, 0.5) is 5.69 Å². The molecule has 0 aliphatic carbocycles. The first kappa shape index (κ1) is 20.2. The Morgan fingerprint density at radius 2 is 1.93 bits per heavy atom. The lowest BCUT2D eigenvalue weighted by Crippen LogP contribution is -2.27. The number of ether oxygens (including phenoxy) is 2.